The molecule has 3 rings (SSSR count). The average Bonchev–Trinajstić information content (AvgIpc) is 2.59. The maximum absolute atomic E-state index is 14.2. The van der Waals surface area contributed by atoms with Crippen molar-refractivity contribution in [2.75, 3.05) is 25.0 Å². The van der Waals surface area contributed by atoms with Gasteiger partial charge in [-0.25, -0.2) is 4.39 Å². The second kappa shape index (κ2) is 7.60. The Bertz CT molecular complexity index is 619. The lowest BCUT2D eigenvalue weighted by atomic mass is 9.90. The zero-order valence-electron chi connectivity index (χ0n) is 13.8. The van der Waals surface area contributed by atoms with E-state index >= 15 is 0 Å². The normalized spacial score (nSPS) is 15.8. The third-order valence-corrected chi connectivity index (χ3v) is 4.71. The second-order valence-corrected chi connectivity index (χ2v) is 6.44. The molecule has 0 unspecified atom stereocenters. The quantitative estimate of drug-likeness (QED) is 0.897. The van der Waals surface area contributed by atoms with Crippen LogP contribution in [-0.2, 0) is 13.0 Å². The van der Waals surface area contributed by atoms with Crippen molar-refractivity contribution in [1.82, 2.24) is 5.32 Å². The van der Waals surface area contributed by atoms with E-state index in [2.05, 4.69) is 40.5 Å². The van der Waals surface area contributed by atoms with Crippen LogP contribution in [0.3, 0.4) is 0 Å². The first-order valence-corrected chi connectivity index (χ1v) is 8.48. The van der Waals surface area contributed by atoms with Crippen molar-refractivity contribution in [2.45, 2.75) is 25.8 Å². The highest BCUT2D eigenvalue weighted by Crippen LogP contribution is 2.28. The van der Waals surface area contributed by atoms with E-state index in [1.807, 2.05) is 19.2 Å². The fraction of sp³-hybridized carbons (Fsp3) is 0.400. The molecule has 1 fully saturated rings. The fourth-order valence-corrected chi connectivity index (χ4v) is 3.44. The molecule has 0 aliphatic carbocycles. The van der Waals surface area contributed by atoms with E-state index in [1.165, 1.54) is 5.56 Å². The third-order valence-electron chi connectivity index (χ3n) is 4.71. The van der Waals surface area contributed by atoms with E-state index in [1.54, 1.807) is 6.07 Å². The van der Waals surface area contributed by atoms with Gasteiger partial charge in [0.1, 0.15) is 5.82 Å². The smallest absolute Gasteiger partial charge is 0.146 e. The van der Waals surface area contributed by atoms with Gasteiger partial charge in [0.2, 0.25) is 0 Å². The molecule has 0 radical (unpaired) electrons. The number of nitrogens with zero attached hydrogens (tertiary/aromatic N) is 1. The maximum Gasteiger partial charge on any atom is 0.146 e. The standard InChI is InChI=1S/C20H25FN2/c1-22-15-18-7-8-19(21)20(14-18)23-11-9-17(10-12-23)13-16-5-3-2-4-6-16/h2-8,14,17,22H,9-13,15H2,1H3. The highest BCUT2D eigenvalue weighted by molar-refractivity contribution is 5.50. The Morgan fingerprint density at radius 1 is 1.04 bits per heavy atom. The van der Waals surface area contributed by atoms with Gasteiger partial charge in [-0.1, -0.05) is 36.4 Å². The van der Waals surface area contributed by atoms with Crippen LogP contribution in [0.5, 0.6) is 0 Å². The molecule has 0 bridgehead atoms. The molecule has 2 aromatic carbocycles. The number of piperidine rings is 1. The Morgan fingerprint density at radius 2 is 1.78 bits per heavy atom. The van der Waals surface area contributed by atoms with Crippen molar-refractivity contribution in [1.29, 1.82) is 0 Å². The van der Waals surface area contributed by atoms with Gasteiger partial charge in [0, 0.05) is 19.6 Å². The summed E-state index contributed by atoms with van der Waals surface area (Å²) < 4.78 is 14.2. The first-order valence-electron chi connectivity index (χ1n) is 8.48. The molecule has 1 heterocycles. The van der Waals surface area contributed by atoms with Crippen molar-refractivity contribution in [2.24, 2.45) is 5.92 Å². The predicted octanol–water partition coefficient (Wildman–Crippen LogP) is 4.00. The van der Waals surface area contributed by atoms with Crippen molar-refractivity contribution in [3.8, 4) is 0 Å². The van der Waals surface area contributed by atoms with Crippen molar-refractivity contribution in [3.05, 3.63) is 65.5 Å². The minimum atomic E-state index is -0.105. The second-order valence-electron chi connectivity index (χ2n) is 6.44. The Hall–Kier alpha value is -1.87. The summed E-state index contributed by atoms with van der Waals surface area (Å²) in [5, 5.41) is 3.13. The van der Waals surface area contributed by atoms with E-state index in [-0.39, 0.29) is 5.82 Å². The van der Waals surface area contributed by atoms with Gasteiger partial charge in [-0.2, -0.15) is 0 Å². The van der Waals surface area contributed by atoms with Crippen LogP contribution in [0.4, 0.5) is 10.1 Å². The summed E-state index contributed by atoms with van der Waals surface area (Å²) >= 11 is 0. The minimum Gasteiger partial charge on any atom is -0.369 e. The first-order chi connectivity index (χ1) is 11.3. The summed E-state index contributed by atoms with van der Waals surface area (Å²) in [7, 11) is 1.91. The zero-order chi connectivity index (χ0) is 16.1. The molecule has 0 spiro atoms. The van der Waals surface area contributed by atoms with Gasteiger partial charge in [0.05, 0.1) is 5.69 Å². The molecule has 1 aliphatic heterocycles. The van der Waals surface area contributed by atoms with Crippen LogP contribution in [0.15, 0.2) is 48.5 Å². The van der Waals surface area contributed by atoms with E-state index < -0.39 is 0 Å². The number of benzene rings is 2. The van der Waals surface area contributed by atoms with Gasteiger partial charge >= 0.3 is 0 Å². The average molecular weight is 312 g/mol. The highest BCUT2D eigenvalue weighted by atomic mass is 19.1. The summed E-state index contributed by atoms with van der Waals surface area (Å²) in [6, 6.07) is 16.1. The highest BCUT2D eigenvalue weighted by Gasteiger charge is 2.21. The van der Waals surface area contributed by atoms with E-state index in [4.69, 9.17) is 0 Å². The lowest BCUT2D eigenvalue weighted by Gasteiger charge is -2.34. The van der Waals surface area contributed by atoms with E-state index in [0.29, 0.717) is 5.92 Å². The molecule has 0 amide bonds. The van der Waals surface area contributed by atoms with Gasteiger partial charge in [0.15, 0.2) is 0 Å². The number of nitrogens with one attached hydrogen (secondary N) is 1. The van der Waals surface area contributed by atoms with Crippen LogP contribution in [0, 0.1) is 11.7 Å². The molecule has 122 valence electrons. The monoisotopic (exact) mass is 312 g/mol. The number of rotatable bonds is 5. The Labute approximate surface area is 138 Å². The SMILES string of the molecule is CNCc1ccc(F)c(N2CCC(Cc3ccccc3)CC2)c1. The van der Waals surface area contributed by atoms with Gasteiger partial charge in [-0.05, 0) is 55.5 Å². The summed E-state index contributed by atoms with van der Waals surface area (Å²) in [6.45, 7) is 2.66. The maximum atomic E-state index is 14.2. The number of hydrogen-bond donors (Lipinski definition) is 1. The van der Waals surface area contributed by atoms with E-state index in [0.717, 1.165) is 50.1 Å². The fourth-order valence-electron chi connectivity index (χ4n) is 3.44. The number of hydrogen-bond acceptors (Lipinski definition) is 2. The largest absolute Gasteiger partial charge is 0.369 e. The molecular weight excluding hydrogens is 287 g/mol. The molecule has 1 N–H and O–H groups in total. The molecule has 2 nitrogen and oxygen atoms in total. The van der Waals surface area contributed by atoms with Gasteiger partial charge in [0.25, 0.3) is 0 Å². The predicted molar refractivity (Wildman–Crippen MR) is 94.2 cm³/mol. The summed E-state index contributed by atoms with van der Waals surface area (Å²) in [5.74, 6) is 0.601. The Balaban J connectivity index is 1.61. The lowest BCUT2D eigenvalue weighted by molar-refractivity contribution is 0.401. The first kappa shape index (κ1) is 16.0. The molecule has 1 saturated heterocycles. The molecule has 23 heavy (non-hydrogen) atoms. The van der Waals surface area contributed by atoms with Crippen molar-refractivity contribution >= 4 is 5.69 Å². The topological polar surface area (TPSA) is 15.3 Å². The molecule has 0 aromatic heterocycles. The number of anilines is 1. The van der Waals surface area contributed by atoms with Crippen molar-refractivity contribution < 1.29 is 4.39 Å². The van der Waals surface area contributed by atoms with Crippen LogP contribution in [0.2, 0.25) is 0 Å². The Kier molecular flexibility index (Phi) is 5.29. The van der Waals surface area contributed by atoms with Crippen LogP contribution < -0.4 is 10.2 Å². The summed E-state index contributed by atoms with van der Waals surface area (Å²) in [5.41, 5.74) is 3.30. The van der Waals surface area contributed by atoms with Crippen LogP contribution in [-0.4, -0.2) is 20.1 Å². The molecule has 3 heteroatoms. The third kappa shape index (κ3) is 4.11. The van der Waals surface area contributed by atoms with Crippen LogP contribution in [0.25, 0.3) is 0 Å². The van der Waals surface area contributed by atoms with Gasteiger partial charge in [-0.15, -0.1) is 0 Å². The van der Waals surface area contributed by atoms with Crippen molar-refractivity contribution in [3.63, 3.8) is 0 Å². The number of halogens is 1. The zero-order valence-corrected chi connectivity index (χ0v) is 13.8. The van der Waals surface area contributed by atoms with Crippen LogP contribution >= 0.6 is 0 Å². The van der Waals surface area contributed by atoms with E-state index in [9.17, 15) is 4.39 Å². The molecule has 0 atom stereocenters. The molecule has 2 aromatic rings. The van der Waals surface area contributed by atoms with Gasteiger partial charge < -0.3 is 10.2 Å². The Morgan fingerprint density at radius 3 is 2.48 bits per heavy atom. The molecule has 1 aliphatic rings. The lowest BCUT2D eigenvalue weighted by Crippen LogP contribution is -2.35. The molecular formula is C20H25FN2. The summed E-state index contributed by atoms with van der Waals surface area (Å²) in [4.78, 5) is 2.20. The summed E-state index contributed by atoms with van der Waals surface area (Å²) in [6.07, 6.45) is 3.39. The van der Waals surface area contributed by atoms with Gasteiger partial charge in [-0.3, -0.25) is 0 Å². The van der Waals surface area contributed by atoms with Crippen LogP contribution in [0.1, 0.15) is 24.0 Å². The minimum absolute atomic E-state index is 0.105. The molecule has 0 saturated carbocycles.